The monoisotopic (exact) mass is 311 g/mol. The highest BCUT2D eigenvalue weighted by Crippen LogP contribution is 2.28. The van der Waals surface area contributed by atoms with E-state index in [9.17, 15) is 9.59 Å². The molecule has 3 rings (SSSR count). The quantitative estimate of drug-likeness (QED) is 0.746. The molecule has 1 unspecified atom stereocenters. The van der Waals surface area contributed by atoms with E-state index < -0.39 is 11.8 Å². The number of carbonyl (C=O) groups excluding carboxylic acids is 1. The molecule has 1 aliphatic rings. The van der Waals surface area contributed by atoms with Crippen LogP contribution in [-0.4, -0.2) is 17.4 Å². The van der Waals surface area contributed by atoms with Crippen LogP contribution in [0, 0.1) is 0 Å². The lowest BCUT2D eigenvalue weighted by Crippen LogP contribution is -2.39. The molecule has 2 aromatic rings. The summed E-state index contributed by atoms with van der Waals surface area (Å²) in [6.45, 7) is 0.801. The molecule has 104 valence electrons. The van der Waals surface area contributed by atoms with Crippen LogP contribution in [-0.2, 0) is 11.3 Å². The minimum Gasteiger partial charge on any atom is -0.369 e. The number of nitrogens with one attached hydrogen (secondary N) is 2. The van der Waals surface area contributed by atoms with Crippen LogP contribution in [0.5, 0.6) is 0 Å². The smallest absolute Gasteiger partial charge is 0.227 e. The van der Waals surface area contributed by atoms with E-state index in [4.69, 9.17) is 28.9 Å². The number of hydrogen-bond donors (Lipinski definition) is 3. The Hall–Kier alpha value is -1.56. The molecule has 0 fully saturated rings. The maximum absolute atomic E-state index is 12.5. The van der Waals surface area contributed by atoms with E-state index in [2.05, 4.69) is 10.3 Å². The van der Waals surface area contributed by atoms with Crippen molar-refractivity contribution in [1.82, 2.24) is 10.3 Å². The zero-order chi connectivity index (χ0) is 14.4. The standard InChI is InChI=1S/C13H11Cl2N3O2/c14-8-1-5-10(2-9(8)15)18-11-6(12(5)19)3-17-4-7(11)13(16)20/h1-2,7,17H,3-4H2,(H2,16,20)(H,18,19). The van der Waals surface area contributed by atoms with E-state index in [0.29, 0.717) is 45.3 Å². The van der Waals surface area contributed by atoms with Gasteiger partial charge in [-0.15, -0.1) is 0 Å². The molecule has 1 aromatic carbocycles. The summed E-state index contributed by atoms with van der Waals surface area (Å²) >= 11 is 11.9. The number of aromatic nitrogens is 1. The van der Waals surface area contributed by atoms with Gasteiger partial charge in [0.25, 0.3) is 0 Å². The minimum absolute atomic E-state index is 0.161. The second-order valence-corrected chi connectivity index (χ2v) is 5.56. The Morgan fingerprint density at radius 3 is 2.70 bits per heavy atom. The molecule has 7 heteroatoms. The topological polar surface area (TPSA) is 88.0 Å². The highest BCUT2D eigenvalue weighted by molar-refractivity contribution is 6.42. The van der Waals surface area contributed by atoms with Gasteiger partial charge in [0, 0.05) is 29.7 Å². The van der Waals surface area contributed by atoms with Crippen molar-refractivity contribution >= 4 is 40.0 Å². The fourth-order valence-electron chi connectivity index (χ4n) is 2.50. The number of hydrogen-bond acceptors (Lipinski definition) is 3. The van der Waals surface area contributed by atoms with Crippen molar-refractivity contribution in [2.45, 2.75) is 12.5 Å². The fourth-order valence-corrected chi connectivity index (χ4v) is 2.83. The van der Waals surface area contributed by atoms with Crippen molar-refractivity contribution in [3.8, 4) is 0 Å². The summed E-state index contributed by atoms with van der Waals surface area (Å²) in [6, 6.07) is 3.12. The molecule has 0 saturated heterocycles. The number of nitrogens with two attached hydrogens (primary N) is 1. The average molecular weight is 312 g/mol. The van der Waals surface area contributed by atoms with Crippen molar-refractivity contribution in [2.24, 2.45) is 5.73 Å². The summed E-state index contributed by atoms with van der Waals surface area (Å²) in [5.41, 5.74) is 6.85. The van der Waals surface area contributed by atoms with Gasteiger partial charge in [0.15, 0.2) is 5.43 Å². The molecule has 0 aliphatic carbocycles. The third-order valence-corrected chi connectivity index (χ3v) is 4.24. The van der Waals surface area contributed by atoms with Gasteiger partial charge in [-0.3, -0.25) is 9.59 Å². The molecule has 4 N–H and O–H groups in total. The van der Waals surface area contributed by atoms with E-state index >= 15 is 0 Å². The third kappa shape index (κ3) is 1.98. The number of pyridine rings is 1. The Bertz CT molecular complexity index is 785. The van der Waals surface area contributed by atoms with Gasteiger partial charge in [-0.05, 0) is 12.1 Å². The maximum atomic E-state index is 12.5. The molecule has 1 aromatic heterocycles. The molecule has 0 bridgehead atoms. The zero-order valence-electron chi connectivity index (χ0n) is 10.3. The van der Waals surface area contributed by atoms with E-state index in [1.165, 1.54) is 6.07 Å². The molecule has 20 heavy (non-hydrogen) atoms. The van der Waals surface area contributed by atoms with Crippen LogP contribution in [0.3, 0.4) is 0 Å². The zero-order valence-corrected chi connectivity index (χ0v) is 11.8. The molecule has 5 nitrogen and oxygen atoms in total. The first-order chi connectivity index (χ1) is 9.49. The van der Waals surface area contributed by atoms with Crippen LogP contribution in [0.1, 0.15) is 17.2 Å². The number of fused-ring (bicyclic) bond motifs is 2. The molecular formula is C13H11Cl2N3O2. The number of benzene rings is 1. The van der Waals surface area contributed by atoms with Gasteiger partial charge in [0.1, 0.15) is 0 Å². The van der Waals surface area contributed by atoms with Crippen LogP contribution in [0.2, 0.25) is 10.0 Å². The molecule has 2 heterocycles. The second-order valence-electron chi connectivity index (χ2n) is 4.74. The molecule has 0 saturated carbocycles. The molecule has 1 aliphatic heterocycles. The van der Waals surface area contributed by atoms with Crippen molar-refractivity contribution in [2.75, 3.05) is 6.54 Å². The lowest BCUT2D eigenvalue weighted by Gasteiger charge is -2.24. The molecular weight excluding hydrogens is 301 g/mol. The van der Waals surface area contributed by atoms with E-state index in [0.717, 1.165) is 0 Å². The van der Waals surface area contributed by atoms with E-state index in [-0.39, 0.29) is 5.43 Å². The van der Waals surface area contributed by atoms with E-state index in [1.54, 1.807) is 6.07 Å². The van der Waals surface area contributed by atoms with Gasteiger partial charge in [0.2, 0.25) is 5.91 Å². The summed E-state index contributed by atoms with van der Waals surface area (Å²) < 4.78 is 0. The summed E-state index contributed by atoms with van der Waals surface area (Å²) in [4.78, 5) is 27.1. The van der Waals surface area contributed by atoms with Crippen molar-refractivity contribution < 1.29 is 4.79 Å². The van der Waals surface area contributed by atoms with E-state index in [1.807, 2.05) is 0 Å². The molecule has 0 spiro atoms. The van der Waals surface area contributed by atoms with Crippen LogP contribution in [0.25, 0.3) is 10.9 Å². The molecule has 1 atom stereocenters. The van der Waals surface area contributed by atoms with Crippen LogP contribution >= 0.6 is 23.2 Å². The SMILES string of the molecule is NC(=O)C1CNCc2c1[nH]c1cc(Cl)c(Cl)cc1c2=O. The van der Waals surface area contributed by atoms with Crippen molar-refractivity contribution in [3.63, 3.8) is 0 Å². The van der Waals surface area contributed by atoms with Gasteiger partial charge in [-0.2, -0.15) is 0 Å². The summed E-state index contributed by atoms with van der Waals surface area (Å²) in [5, 5.41) is 4.14. The summed E-state index contributed by atoms with van der Waals surface area (Å²) in [7, 11) is 0. The Morgan fingerprint density at radius 1 is 1.30 bits per heavy atom. The van der Waals surface area contributed by atoms with Crippen molar-refractivity contribution in [1.29, 1.82) is 0 Å². The number of H-pyrrole nitrogens is 1. The average Bonchev–Trinajstić information content (AvgIpc) is 2.41. The van der Waals surface area contributed by atoms with Gasteiger partial charge in [-0.1, -0.05) is 23.2 Å². The van der Waals surface area contributed by atoms with Crippen LogP contribution in [0.15, 0.2) is 16.9 Å². The minimum atomic E-state index is -0.551. The van der Waals surface area contributed by atoms with Gasteiger partial charge < -0.3 is 16.0 Å². The highest BCUT2D eigenvalue weighted by atomic mass is 35.5. The van der Waals surface area contributed by atoms with Gasteiger partial charge in [0.05, 0.1) is 21.5 Å². The predicted molar refractivity (Wildman–Crippen MR) is 78.2 cm³/mol. The van der Waals surface area contributed by atoms with Crippen molar-refractivity contribution in [3.05, 3.63) is 43.7 Å². The Kier molecular flexibility index (Phi) is 3.20. The normalized spacial score (nSPS) is 18.0. The highest BCUT2D eigenvalue weighted by Gasteiger charge is 2.28. The lowest BCUT2D eigenvalue weighted by molar-refractivity contribution is -0.119. The summed E-state index contributed by atoms with van der Waals surface area (Å²) in [6.07, 6.45) is 0. The van der Waals surface area contributed by atoms with Crippen LogP contribution in [0.4, 0.5) is 0 Å². The number of primary amides is 1. The second kappa shape index (κ2) is 4.77. The predicted octanol–water partition coefficient (Wildman–Crippen LogP) is 1.51. The van der Waals surface area contributed by atoms with Gasteiger partial charge >= 0.3 is 0 Å². The number of halogens is 2. The number of carbonyl (C=O) groups is 1. The Morgan fingerprint density at radius 2 is 2.00 bits per heavy atom. The first-order valence-corrected chi connectivity index (χ1v) is 6.78. The van der Waals surface area contributed by atoms with Gasteiger partial charge in [-0.25, -0.2) is 0 Å². The fraction of sp³-hybridized carbons (Fsp3) is 0.231. The molecule has 0 radical (unpaired) electrons. The summed E-state index contributed by atoms with van der Waals surface area (Å²) in [5.74, 6) is -1.03. The largest absolute Gasteiger partial charge is 0.369 e. The third-order valence-electron chi connectivity index (χ3n) is 3.52. The first-order valence-electron chi connectivity index (χ1n) is 6.03. The Labute approximate surface area is 124 Å². The maximum Gasteiger partial charge on any atom is 0.227 e. The lowest BCUT2D eigenvalue weighted by atomic mass is 9.94. The van der Waals surface area contributed by atoms with Crippen LogP contribution < -0.4 is 16.5 Å². The number of rotatable bonds is 1. The number of aromatic amines is 1. The number of amides is 1. The molecule has 1 amide bonds. The Balaban J connectivity index is 2.36. The first kappa shape index (κ1) is 13.4.